The molecule has 0 spiro atoms. The molecule has 4 rings (SSSR count). The molecule has 128 valence electrons. The first-order valence-corrected chi connectivity index (χ1v) is 8.04. The van der Waals surface area contributed by atoms with Gasteiger partial charge < -0.3 is 15.0 Å². The van der Waals surface area contributed by atoms with E-state index < -0.39 is 23.8 Å². The fraction of sp³-hybridized carbons (Fsp3) is 0.211. The summed E-state index contributed by atoms with van der Waals surface area (Å²) in [4.78, 5) is 17.4. The third kappa shape index (κ3) is 2.78. The fourth-order valence-electron chi connectivity index (χ4n) is 3.45. The molecule has 1 saturated heterocycles. The lowest BCUT2D eigenvalue weighted by atomic mass is 10.0. The van der Waals surface area contributed by atoms with Crippen LogP contribution in [-0.2, 0) is 0 Å². The number of carbonyl (C=O) groups is 1. The summed E-state index contributed by atoms with van der Waals surface area (Å²) in [5.41, 5.74) is 1.34. The number of aromatic amines is 1. The Morgan fingerprint density at radius 2 is 2.00 bits per heavy atom. The average Bonchev–Trinajstić information content (AvgIpc) is 3.22. The van der Waals surface area contributed by atoms with Gasteiger partial charge in [-0.05, 0) is 48.2 Å². The van der Waals surface area contributed by atoms with E-state index in [1.54, 1.807) is 18.3 Å². The van der Waals surface area contributed by atoms with Gasteiger partial charge in [0.1, 0.15) is 11.6 Å². The van der Waals surface area contributed by atoms with E-state index in [1.165, 1.54) is 4.90 Å². The molecule has 1 aromatic heterocycles. The van der Waals surface area contributed by atoms with E-state index in [0.29, 0.717) is 5.56 Å². The highest BCUT2D eigenvalue weighted by Gasteiger charge is 2.37. The van der Waals surface area contributed by atoms with Gasteiger partial charge in [-0.1, -0.05) is 6.07 Å². The van der Waals surface area contributed by atoms with Crippen LogP contribution in [0.25, 0.3) is 10.9 Å². The number of hydrogen-bond acceptors (Lipinski definition) is 2. The van der Waals surface area contributed by atoms with Gasteiger partial charge in [-0.15, -0.1) is 0 Å². The molecule has 0 bridgehead atoms. The summed E-state index contributed by atoms with van der Waals surface area (Å²) in [5, 5.41) is 11.0. The lowest BCUT2D eigenvalue weighted by Gasteiger charge is -2.25. The van der Waals surface area contributed by atoms with Crippen molar-refractivity contribution in [1.29, 1.82) is 0 Å². The zero-order chi connectivity index (χ0) is 17.6. The third-order valence-corrected chi connectivity index (χ3v) is 4.66. The summed E-state index contributed by atoms with van der Waals surface area (Å²) in [6.07, 6.45) is 1.19. The zero-order valence-electron chi connectivity index (χ0n) is 13.2. The van der Waals surface area contributed by atoms with Gasteiger partial charge in [0.2, 0.25) is 0 Å². The minimum absolute atomic E-state index is 0.0855. The largest absolute Gasteiger partial charge is 0.391 e. The van der Waals surface area contributed by atoms with Gasteiger partial charge in [0, 0.05) is 29.4 Å². The van der Waals surface area contributed by atoms with Gasteiger partial charge >= 0.3 is 0 Å². The number of H-pyrrole nitrogens is 1. The molecule has 0 unspecified atom stereocenters. The molecule has 0 saturated carbocycles. The maximum atomic E-state index is 14.2. The first kappa shape index (κ1) is 15.8. The molecule has 25 heavy (non-hydrogen) atoms. The van der Waals surface area contributed by atoms with Gasteiger partial charge in [-0.3, -0.25) is 4.79 Å². The standard InChI is InChI=1S/C19H16F2N2O2/c20-13-3-4-16(21)15(8-13)18-9-14(24)10-23(18)19(25)12-2-1-11-5-6-22-17(11)7-12/h1-8,14,18,22,24H,9-10H2/t14-,18+/m1/s1. The van der Waals surface area contributed by atoms with Crippen molar-refractivity contribution in [2.24, 2.45) is 0 Å². The Morgan fingerprint density at radius 1 is 1.16 bits per heavy atom. The highest BCUT2D eigenvalue weighted by Crippen LogP contribution is 2.35. The average molecular weight is 342 g/mol. The van der Waals surface area contributed by atoms with Crippen LogP contribution in [0.5, 0.6) is 0 Å². The number of aliphatic hydroxyl groups is 1. The summed E-state index contributed by atoms with van der Waals surface area (Å²) in [5.74, 6) is -1.47. The second-order valence-electron chi connectivity index (χ2n) is 6.31. The molecule has 2 aromatic carbocycles. The Bertz CT molecular complexity index is 954. The molecular weight excluding hydrogens is 326 g/mol. The normalized spacial score (nSPS) is 20.4. The molecule has 2 atom stereocenters. The van der Waals surface area contributed by atoms with E-state index in [2.05, 4.69) is 4.98 Å². The number of fused-ring (bicyclic) bond motifs is 1. The Balaban J connectivity index is 1.71. The van der Waals surface area contributed by atoms with E-state index >= 15 is 0 Å². The maximum absolute atomic E-state index is 14.2. The molecular formula is C19H16F2N2O2. The number of hydrogen-bond donors (Lipinski definition) is 2. The van der Waals surface area contributed by atoms with Crippen LogP contribution in [0.15, 0.2) is 48.7 Å². The predicted molar refractivity (Wildman–Crippen MR) is 89.1 cm³/mol. The molecule has 1 amide bonds. The second kappa shape index (κ2) is 5.97. The fourth-order valence-corrected chi connectivity index (χ4v) is 3.45. The van der Waals surface area contributed by atoms with Gasteiger partial charge in [-0.2, -0.15) is 0 Å². The summed E-state index contributed by atoms with van der Waals surface area (Å²) in [7, 11) is 0. The van der Waals surface area contributed by atoms with Crippen LogP contribution in [0, 0.1) is 11.6 Å². The maximum Gasteiger partial charge on any atom is 0.254 e. The van der Waals surface area contributed by atoms with Crippen molar-refractivity contribution in [2.75, 3.05) is 6.54 Å². The van der Waals surface area contributed by atoms with Crippen LogP contribution in [0.4, 0.5) is 8.78 Å². The first-order valence-electron chi connectivity index (χ1n) is 8.04. The number of likely N-dealkylation sites (tertiary alicyclic amines) is 1. The van der Waals surface area contributed by atoms with Crippen LogP contribution in [0.3, 0.4) is 0 Å². The molecule has 2 heterocycles. The molecule has 2 N–H and O–H groups in total. The van der Waals surface area contributed by atoms with E-state index in [0.717, 1.165) is 29.1 Å². The van der Waals surface area contributed by atoms with Crippen LogP contribution in [0.2, 0.25) is 0 Å². The van der Waals surface area contributed by atoms with Crippen LogP contribution >= 0.6 is 0 Å². The monoisotopic (exact) mass is 342 g/mol. The molecule has 3 aromatic rings. The van der Waals surface area contributed by atoms with E-state index in [9.17, 15) is 18.7 Å². The number of carbonyl (C=O) groups excluding carboxylic acids is 1. The van der Waals surface area contributed by atoms with Gasteiger partial charge in [0.25, 0.3) is 5.91 Å². The van der Waals surface area contributed by atoms with Crippen molar-refractivity contribution in [1.82, 2.24) is 9.88 Å². The molecule has 1 aliphatic rings. The quantitative estimate of drug-likeness (QED) is 0.750. The van der Waals surface area contributed by atoms with Crippen LogP contribution < -0.4 is 0 Å². The first-order chi connectivity index (χ1) is 12.0. The number of nitrogens with one attached hydrogen (secondary N) is 1. The number of aromatic nitrogens is 1. The van der Waals surface area contributed by atoms with Crippen LogP contribution in [-0.4, -0.2) is 33.5 Å². The van der Waals surface area contributed by atoms with Crippen molar-refractivity contribution >= 4 is 16.8 Å². The topological polar surface area (TPSA) is 56.3 Å². The summed E-state index contributed by atoms with van der Waals surface area (Å²) in [6.45, 7) is 0.0855. The number of aliphatic hydroxyl groups excluding tert-OH is 1. The summed E-state index contributed by atoms with van der Waals surface area (Å²) in [6, 6.07) is 9.61. The Hall–Kier alpha value is -2.73. The number of benzene rings is 2. The zero-order valence-corrected chi connectivity index (χ0v) is 13.2. The SMILES string of the molecule is O=C(c1ccc2cc[nH]c2c1)N1C[C@H](O)C[C@H]1c1cc(F)ccc1F. The number of amides is 1. The van der Waals surface area contributed by atoms with E-state index in [-0.39, 0.29) is 24.4 Å². The Morgan fingerprint density at radius 3 is 2.84 bits per heavy atom. The van der Waals surface area contributed by atoms with Gasteiger partial charge in [-0.25, -0.2) is 8.78 Å². The van der Waals surface area contributed by atoms with Crippen molar-refractivity contribution in [2.45, 2.75) is 18.6 Å². The van der Waals surface area contributed by atoms with Crippen molar-refractivity contribution in [3.05, 3.63) is 71.4 Å². The minimum atomic E-state index is -0.772. The smallest absolute Gasteiger partial charge is 0.254 e. The lowest BCUT2D eigenvalue weighted by Crippen LogP contribution is -2.32. The molecule has 0 radical (unpaired) electrons. The molecule has 1 fully saturated rings. The van der Waals surface area contributed by atoms with E-state index in [4.69, 9.17) is 0 Å². The molecule has 4 nitrogen and oxygen atoms in total. The Labute approximate surface area is 142 Å². The highest BCUT2D eigenvalue weighted by atomic mass is 19.1. The molecule has 0 aliphatic carbocycles. The van der Waals surface area contributed by atoms with Crippen LogP contribution in [0.1, 0.15) is 28.4 Å². The van der Waals surface area contributed by atoms with Crippen molar-refractivity contribution in [3.8, 4) is 0 Å². The van der Waals surface area contributed by atoms with Crippen molar-refractivity contribution < 1.29 is 18.7 Å². The van der Waals surface area contributed by atoms with E-state index in [1.807, 2.05) is 12.1 Å². The summed E-state index contributed by atoms with van der Waals surface area (Å²) < 4.78 is 27.7. The van der Waals surface area contributed by atoms with Gasteiger partial charge in [0.15, 0.2) is 0 Å². The third-order valence-electron chi connectivity index (χ3n) is 4.66. The van der Waals surface area contributed by atoms with Gasteiger partial charge in [0.05, 0.1) is 12.1 Å². The molecule has 1 aliphatic heterocycles. The van der Waals surface area contributed by atoms with Crippen molar-refractivity contribution in [3.63, 3.8) is 0 Å². The number of β-amino-alcohol motifs (C(OH)–C–C–N with tert-alkyl or cyclic N) is 1. The highest BCUT2D eigenvalue weighted by molar-refractivity contribution is 5.98. The number of halogens is 2. The Kier molecular flexibility index (Phi) is 3.77. The predicted octanol–water partition coefficient (Wildman–Crippen LogP) is 3.39. The molecule has 6 heteroatoms. The number of nitrogens with zero attached hydrogens (tertiary/aromatic N) is 1. The lowest BCUT2D eigenvalue weighted by molar-refractivity contribution is 0.0714. The summed E-state index contributed by atoms with van der Waals surface area (Å²) >= 11 is 0. The second-order valence-corrected chi connectivity index (χ2v) is 6.31. The minimum Gasteiger partial charge on any atom is -0.391 e. The number of rotatable bonds is 2.